The van der Waals surface area contributed by atoms with Gasteiger partial charge in [-0.15, -0.1) is 0 Å². The molecule has 4 nitrogen and oxygen atoms in total. The Balaban J connectivity index is 3.89. The maximum absolute atomic E-state index is 11.0. The predicted octanol–water partition coefficient (Wildman–Crippen LogP) is 1.69. The smallest absolute Gasteiger partial charge is 0.413 e. The molecule has 0 radical (unpaired) electrons. The van der Waals surface area contributed by atoms with Crippen LogP contribution in [0.25, 0.3) is 0 Å². The minimum Gasteiger partial charge on any atom is -0.453 e. The van der Waals surface area contributed by atoms with Crippen molar-refractivity contribution in [2.24, 2.45) is 0 Å². The predicted molar refractivity (Wildman–Crippen MR) is 57.7 cm³/mol. The highest BCUT2D eigenvalue weighted by Crippen LogP contribution is 2.00. The van der Waals surface area contributed by atoms with Crippen molar-refractivity contribution in [3.05, 3.63) is 12.2 Å². The summed E-state index contributed by atoms with van der Waals surface area (Å²) >= 11 is 0. The van der Waals surface area contributed by atoms with E-state index in [-0.39, 0.29) is 5.57 Å². The van der Waals surface area contributed by atoms with E-state index in [0.717, 1.165) is 0 Å². The molecule has 0 saturated carbocycles. The van der Waals surface area contributed by atoms with Gasteiger partial charge in [-0.25, -0.2) is 4.79 Å². The molecule has 1 N–H and O–H groups in total. The molecule has 0 heterocycles. The maximum Gasteiger partial charge on any atom is 0.413 e. The monoisotopic (exact) mass is 215 g/mol. The van der Waals surface area contributed by atoms with Gasteiger partial charge in [0.25, 0.3) is 5.91 Å². The van der Waals surface area contributed by atoms with Crippen LogP contribution in [0, 0.1) is 0 Å². The van der Waals surface area contributed by atoms with E-state index in [4.69, 9.17) is 4.74 Å². The summed E-state index contributed by atoms with van der Waals surface area (Å²) in [5.74, 6) is -0.495. The Bertz CT molecular complexity index is 255. The number of nitrogens with one attached hydrogen (secondary N) is 1. The Hall–Kier alpha value is -1.10. The van der Waals surface area contributed by atoms with Crippen LogP contribution in [0.1, 0.15) is 6.92 Å². The lowest BCUT2D eigenvalue weighted by atomic mass is 10.3. The average molecular weight is 215 g/mol. The third kappa shape index (κ3) is 6.42. The second kappa shape index (κ2) is 4.95. The number of alkyl carbamates (subject to hydrolysis) is 1. The third-order valence-electron chi connectivity index (χ3n) is 1.24. The number of imide groups is 1. The molecule has 0 aromatic rings. The number of ether oxygens (including phenoxy) is 1. The van der Waals surface area contributed by atoms with Gasteiger partial charge in [-0.2, -0.15) is 0 Å². The van der Waals surface area contributed by atoms with Crippen LogP contribution in [0.3, 0.4) is 0 Å². The standard InChI is InChI=1S/C9H17NO3Si/c1-7(2)8(11)10-9(12)13-6-14(3,4)5/h1,6H2,2-5H3,(H,10,11,12). The largest absolute Gasteiger partial charge is 0.453 e. The van der Waals surface area contributed by atoms with Gasteiger partial charge in [-0.3, -0.25) is 10.1 Å². The molecule has 0 rings (SSSR count). The fourth-order valence-corrected chi connectivity index (χ4v) is 1.08. The number of hydrogen-bond donors (Lipinski definition) is 1. The third-order valence-corrected chi connectivity index (χ3v) is 2.25. The quantitative estimate of drug-likeness (QED) is 0.576. The van der Waals surface area contributed by atoms with E-state index in [2.05, 4.69) is 31.5 Å². The zero-order chi connectivity index (χ0) is 11.4. The molecule has 80 valence electrons. The Morgan fingerprint density at radius 2 is 1.86 bits per heavy atom. The molecule has 0 spiro atoms. The molecule has 0 aromatic carbocycles. The summed E-state index contributed by atoms with van der Waals surface area (Å²) in [6, 6.07) is 0. The van der Waals surface area contributed by atoms with Crippen molar-refractivity contribution in [3.8, 4) is 0 Å². The van der Waals surface area contributed by atoms with Gasteiger partial charge in [0.1, 0.15) is 0 Å². The molecule has 0 bridgehead atoms. The molecule has 5 heteroatoms. The van der Waals surface area contributed by atoms with Crippen molar-refractivity contribution < 1.29 is 14.3 Å². The minimum atomic E-state index is -1.42. The SMILES string of the molecule is C=C(C)C(=O)NC(=O)OC[Si](C)(C)C. The lowest BCUT2D eigenvalue weighted by Gasteiger charge is -2.15. The van der Waals surface area contributed by atoms with Crippen LogP contribution in [-0.2, 0) is 9.53 Å². The normalized spacial score (nSPS) is 10.6. The summed E-state index contributed by atoms with van der Waals surface area (Å²) in [6.45, 7) is 11.1. The van der Waals surface area contributed by atoms with E-state index in [9.17, 15) is 9.59 Å². The van der Waals surface area contributed by atoms with E-state index >= 15 is 0 Å². The van der Waals surface area contributed by atoms with Gasteiger partial charge in [-0.1, -0.05) is 26.2 Å². The van der Waals surface area contributed by atoms with Gasteiger partial charge >= 0.3 is 6.09 Å². The van der Waals surface area contributed by atoms with E-state index in [1.165, 1.54) is 6.92 Å². The average Bonchev–Trinajstić information content (AvgIpc) is 1.99. The topological polar surface area (TPSA) is 55.4 Å². The van der Waals surface area contributed by atoms with E-state index in [1.807, 2.05) is 0 Å². The summed E-state index contributed by atoms with van der Waals surface area (Å²) < 4.78 is 4.88. The van der Waals surface area contributed by atoms with E-state index < -0.39 is 20.1 Å². The molecule has 0 fully saturated rings. The highest BCUT2D eigenvalue weighted by molar-refractivity contribution is 6.76. The Labute approximate surface area is 85.3 Å². The van der Waals surface area contributed by atoms with Crippen LogP contribution < -0.4 is 5.32 Å². The van der Waals surface area contributed by atoms with Crippen molar-refractivity contribution in [1.82, 2.24) is 5.32 Å². The molecule has 0 saturated heterocycles. The molecule has 0 unspecified atom stereocenters. The zero-order valence-corrected chi connectivity index (χ0v) is 10.1. The first-order valence-electron chi connectivity index (χ1n) is 4.36. The number of rotatable bonds is 3. The van der Waals surface area contributed by atoms with Gasteiger partial charge in [0.15, 0.2) is 0 Å². The lowest BCUT2D eigenvalue weighted by molar-refractivity contribution is -0.116. The van der Waals surface area contributed by atoms with E-state index in [1.54, 1.807) is 0 Å². The van der Waals surface area contributed by atoms with Gasteiger partial charge < -0.3 is 4.74 Å². The highest BCUT2D eigenvalue weighted by atomic mass is 28.3. The van der Waals surface area contributed by atoms with Crippen molar-refractivity contribution >= 4 is 20.1 Å². The molecule has 0 aliphatic heterocycles. The number of hydrogen-bond acceptors (Lipinski definition) is 3. The number of carbonyl (C=O) groups excluding carboxylic acids is 2. The van der Waals surface area contributed by atoms with Crippen molar-refractivity contribution in [2.45, 2.75) is 26.6 Å². The molecule has 2 amide bonds. The molecule has 0 atom stereocenters. The first kappa shape index (κ1) is 12.9. The number of carbonyl (C=O) groups is 2. The number of amides is 2. The summed E-state index contributed by atoms with van der Waals surface area (Å²) in [5.41, 5.74) is 0.287. The fourth-order valence-electron chi connectivity index (χ4n) is 0.518. The van der Waals surface area contributed by atoms with Crippen LogP contribution in [0.15, 0.2) is 12.2 Å². The summed E-state index contributed by atoms with van der Waals surface area (Å²) in [7, 11) is -1.42. The van der Waals surface area contributed by atoms with Crippen LogP contribution in [0.4, 0.5) is 4.79 Å². The van der Waals surface area contributed by atoms with Crippen molar-refractivity contribution in [3.63, 3.8) is 0 Å². The van der Waals surface area contributed by atoms with Crippen molar-refractivity contribution in [2.75, 3.05) is 6.23 Å². The summed E-state index contributed by atoms with van der Waals surface area (Å²) in [5, 5.41) is 2.07. The Morgan fingerprint density at radius 3 is 2.21 bits per heavy atom. The van der Waals surface area contributed by atoms with Crippen LogP contribution in [0.2, 0.25) is 19.6 Å². The maximum atomic E-state index is 11.0. The summed E-state index contributed by atoms with van der Waals surface area (Å²) in [4.78, 5) is 22.0. The fraction of sp³-hybridized carbons (Fsp3) is 0.556. The lowest BCUT2D eigenvalue weighted by Crippen LogP contribution is -2.36. The van der Waals surface area contributed by atoms with Gasteiger partial charge in [-0.05, 0) is 6.92 Å². The van der Waals surface area contributed by atoms with Gasteiger partial charge in [0.05, 0.1) is 14.3 Å². The minimum absolute atomic E-state index is 0.287. The summed E-state index contributed by atoms with van der Waals surface area (Å²) in [6.07, 6.45) is -0.289. The molecule has 0 aromatic heterocycles. The van der Waals surface area contributed by atoms with Crippen LogP contribution >= 0.6 is 0 Å². The second-order valence-corrected chi connectivity index (χ2v) is 9.78. The first-order chi connectivity index (χ1) is 6.22. The van der Waals surface area contributed by atoms with Gasteiger partial charge in [0, 0.05) is 5.57 Å². The molecule has 0 aliphatic rings. The molecule has 0 aliphatic carbocycles. The first-order valence-corrected chi connectivity index (χ1v) is 8.07. The van der Waals surface area contributed by atoms with Crippen molar-refractivity contribution in [1.29, 1.82) is 0 Å². The Kier molecular flexibility index (Phi) is 4.56. The zero-order valence-electron chi connectivity index (χ0n) is 9.14. The van der Waals surface area contributed by atoms with Crippen LogP contribution in [0.5, 0.6) is 0 Å². The van der Waals surface area contributed by atoms with Crippen LogP contribution in [-0.4, -0.2) is 26.3 Å². The van der Waals surface area contributed by atoms with E-state index in [0.29, 0.717) is 6.23 Å². The molecular formula is C9H17NO3Si. The molecule has 14 heavy (non-hydrogen) atoms. The van der Waals surface area contributed by atoms with Gasteiger partial charge in [0.2, 0.25) is 0 Å². The second-order valence-electron chi connectivity index (χ2n) is 4.37. The molecular weight excluding hydrogens is 198 g/mol. The highest BCUT2D eigenvalue weighted by Gasteiger charge is 2.17. The Morgan fingerprint density at radius 1 is 1.36 bits per heavy atom.